The van der Waals surface area contributed by atoms with Crippen molar-refractivity contribution < 1.29 is 9.90 Å². The highest BCUT2D eigenvalue weighted by atomic mass is 16.4. The van der Waals surface area contributed by atoms with Crippen molar-refractivity contribution in [2.24, 2.45) is 5.41 Å². The van der Waals surface area contributed by atoms with Gasteiger partial charge in [-0.05, 0) is 17.4 Å². The molecule has 0 unspecified atom stereocenters. The lowest BCUT2D eigenvalue weighted by Crippen LogP contribution is -2.34. The van der Waals surface area contributed by atoms with Gasteiger partial charge in [-0.25, -0.2) is 4.79 Å². The number of benzene rings is 1. The Morgan fingerprint density at radius 1 is 1.25 bits per heavy atom. The van der Waals surface area contributed by atoms with Gasteiger partial charge in [0.25, 0.3) is 0 Å². The molecule has 1 amide bonds. The van der Waals surface area contributed by atoms with Crippen LogP contribution in [0.3, 0.4) is 0 Å². The van der Waals surface area contributed by atoms with Gasteiger partial charge in [-0.15, -0.1) is 0 Å². The van der Waals surface area contributed by atoms with Crippen LogP contribution in [0.25, 0.3) is 0 Å². The first-order valence-corrected chi connectivity index (χ1v) is 7.10. The molecule has 0 aliphatic heterocycles. The number of hydrogen-bond donors (Lipinski definition) is 2. The Bertz CT molecular complexity index is 399. The van der Waals surface area contributed by atoms with Crippen LogP contribution in [0.4, 0.5) is 4.79 Å². The Hall–Kier alpha value is -1.55. The Morgan fingerprint density at radius 3 is 2.45 bits per heavy atom. The molecule has 0 atom stereocenters. The maximum Gasteiger partial charge on any atom is 0.404 e. The maximum absolute atomic E-state index is 10.4. The van der Waals surface area contributed by atoms with Gasteiger partial charge >= 0.3 is 6.09 Å². The second-order valence-electron chi connectivity index (χ2n) is 6.34. The molecule has 0 radical (unpaired) electrons. The van der Waals surface area contributed by atoms with Gasteiger partial charge in [0.1, 0.15) is 0 Å². The Morgan fingerprint density at radius 2 is 1.90 bits per heavy atom. The van der Waals surface area contributed by atoms with Crippen molar-refractivity contribution in [1.29, 1.82) is 0 Å². The van der Waals surface area contributed by atoms with Crippen LogP contribution in [0, 0.1) is 5.41 Å². The molecule has 0 aliphatic carbocycles. The quantitative estimate of drug-likeness (QED) is 0.753. The standard InChI is InChI=1S/C16H26N2O2/c1-16(2,3)13-18(11-7-10-17-15(19)20)12-14-8-5-4-6-9-14/h4-6,8-9,17H,7,10-13H2,1-3H3,(H,19,20). The highest BCUT2D eigenvalue weighted by Gasteiger charge is 2.16. The first-order chi connectivity index (χ1) is 9.37. The summed E-state index contributed by atoms with van der Waals surface area (Å²) in [5, 5.41) is 11.0. The lowest BCUT2D eigenvalue weighted by Gasteiger charge is -2.30. The minimum atomic E-state index is -0.949. The second kappa shape index (κ2) is 7.90. The SMILES string of the molecule is CC(C)(C)CN(CCCNC(=O)O)Cc1ccccc1. The molecule has 4 heteroatoms. The molecule has 0 fully saturated rings. The van der Waals surface area contributed by atoms with E-state index >= 15 is 0 Å². The average Bonchev–Trinajstić information content (AvgIpc) is 2.33. The molecular formula is C16H26N2O2. The minimum absolute atomic E-state index is 0.231. The smallest absolute Gasteiger partial charge is 0.404 e. The van der Waals surface area contributed by atoms with Gasteiger partial charge < -0.3 is 10.4 Å². The molecule has 1 aromatic carbocycles. The summed E-state index contributed by atoms with van der Waals surface area (Å²) in [5.41, 5.74) is 1.53. The van der Waals surface area contributed by atoms with Crippen LogP contribution in [0.1, 0.15) is 32.8 Å². The summed E-state index contributed by atoms with van der Waals surface area (Å²) in [7, 11) is 0. The van der Waals surface area contributed by atoms with Gasteiger partial charge in [-0.1, -0.05) is 51.1 Å². The minimum Gasteiger partial charge on any atom is -0.465 e. The molecule has 0 saturated heterocycles. The van der Waals surface area contributed by atoms with E-state index in [0.29, 0.717) is 6.54 Å². The van der Waals surface area contributed by atoms with Crippen LogP contribution in [0.2, 0.25) is 0 Å². The Kier molecular flexibility index (Phi) is 6.52. The molecule has 0 bridgehead atoms. The Labute approximate surface area is 121 Å². The van der Waals surface area contributed by atoms with Crippen molar-refractivity contribution in [1.82, 2.24) is 10.2 Å². The van der Waals surface area contributed by atoms with Crippen molar-refractivity contribution >= 4 is 6.09 Å². The first kappa shape index (κ1) is 16.5. The van der Waals surface area contributed by atoms with E-state index in [0.717, 1.165) is 26.1 Å². The van der Waals surface area contributed by atoms with Gasteiger partial charge in [0.05, 0.1) is 0 Å². The third-order valence-electron chi connectivity index (χ3n) is 2.87. The van der Waals surface area contributed by atoms with Crippen LogP contribution in [-0.4, -0.2) is 35.7 Å². The van der Waals surface area contributed by atoms with Crippen LogP contribution in [-0.2, 0) is 6.54 Å². The van der Waals surface area contributed by atoms with Crippen molar-refractivity contribution in [3.05, 3.63) is 35.9 Å². The van der Waals surface area contributed by atoms with E-state index in [1.807, 2.05) is 6.07 Å². The summed E-state index contributed by atoms with van der Waals surface area (Å²) in [5.74, 6) is 0. The van der Waals surface area contributed by atoms with Crippen LogP contribution in [0.5, 0.6) is 0 Å². The summed E-state index contributed by atoms with van der Waals surface area (Å²) in [6.07, 6.45) is -0.120. The van der Waals surface area contributed by atoms with E-state index in [-0.39, 0.29) is 5.41 Å². The van der Waals surface area contributed by atoms with Crippen LogP contribution in [0.15, 0.2) is 30.3 Å². The number of nitrogens with zero attached hydrogens (tertiary/aromatic N) is 1. The number of amides is 1. The molecule has 1 aromatic rings. The fourth-order valence-corrected chi connectivity index (χ4v) is 2.22. The monoisotopic (exact) mass is 278 g/mol. The first-order valence-electron chi connectivity index (χ1n) is 7.10. The van der Waals surface area contributed by atoms with Gasteiger partial charge in [-0.2, -0.15) is 0 Å². The summed E-state index contributed by atoms with van der Waals surface area (Å²) < 4.78 is 0. The number of rotatable bonds is 7. The van der Waals surface area contributed by atoms with E-state index in [2.05, 4.69) is 55.3 Å². The van der Waals surface area contributed by atoms with Gasteiger partial charge in [0.2, 0.25) is 0 Å². The van der Waals surface area contributed by atoms with Gasteiger partial charge in [-0.3, -0.25) is 4.90 Å². The molecule has 20 heavy (non-hydrogen) atoms. The maximum atomic E-state index is 10.4. The molecule has 0 saturated carbocycles. The van der Waals surface area contributed by atoms with Crippen molar-refractivity contribution in [2.45, 2.75) is 33.7 Å². The van der Waals surface area contributed by atoms with Crippen molar-refractivity contribution in [3.63, 3.8) is 0 Å². The average molecular weight is 278 g/mol. The third kappa shape index (κ3) is 7.79. The molecule has 0 aliphatic rings. The molecular weight excluding hydrogens is 252 g/mol. The van der Waals surface area contributed by atoms with E-state index in [9.17, 15) is 4.79 Å². The third-order valence-corrected chi connectivity index (χ3v) is 2.87. The molecule has 1 rings (SSSR count). The zero-order valence-corrected chi connectivity index (χ0v) is 12.7. The number of carbonyl (C=O) groups is 1. The van der Waals surface area contributed by atoms with Crippen molar-refractivity contribution in [2.75, 3.05) is 19.6 Å². The number of carboxylic acid groups (broad SMARTS) is 1. The molecule has 0 heterocycles. The predicted molar refractivity (Wildman–Crippen MR) is 81.8 cm³/mol. The van der Waals surface area contributed by atoms with E-state index in [4.69, 9.17) is 5.11 Å². The molecule has 112 valence electrons. The van der Waals surface area contributed by atoms with Gasteiger partial charge in [0, 0.05) is 26.2 Å². The second-order valence-corrected chi connectivity index (χ2v) is 6.34. The lowest BCUT2D eigenvalue weighted by molar-refractivity contribution is 0.177. The van der Waals surface area contributed by atoms with Crippen LogP contribution >= 0.6 is 0 Å². The fraction of sp³-hybridized carbons (Fsp3) is 0.562. The number of nitrogens with one attached hydrogen (secondary N) is 1. The summed E-state index contributed by atoms with van der Waals surface area (Å²) >= 11 is 0. The van der Waals surface area contributed by atoms with E-state index in [1.165, 1.54) is 5.56 Å². The zero-order chi connectivity index (χ0) is 15.0. The predicted octanol–water partition coefficient (Wildman–Crippen LogP) is 3.19. The molecule has 0 spiro atoms. The van der Waals surface area contributed by atoms with Crippen LogP contribution < -0.4 is 5.32 Å². The fourth-order valence-electron chi connectivity index (χ4n) is 2.22. The van der Waals surface area contributed by atoms with E-state index in [1.54, 1.807) is 0 Å². The topological polar surface area (TPSA) is 52.6 Å². The highest BCUT2D eigenvalue weighted by molar-refractivity contribution is 5.64. The zero-order valence-electron chi connectivity index (χ0n) is 12.7. The highest BCUT2D eigenvalue weighted by Crippen LogP contribution is 2.17. The molecule has 2 N–H and O–H groups in total. The summed E-state index contributed by atoms with van der Waals surface area (Å²) in [6, 6.07) is 10.4. The van der Waals surface area contributed by atoms with Crippen molar-refractivity contribution in [3.8, 4) is 0 Å². The number of hydrogen-bond acceptors (Lipinski definition) is 2. The summed E-state index contributed by atoms with van der Waals surface area (Å²) in [4.78, 5) is 12.8. The molecule has 4 nitrogen and oxygen atoms in total. The lowest BCUT2D eigenvalue weighted by atomic mass is 9.95. The Balaban J connectivity index is 2.49. The largest absolute Gasteiger partial charge is 0.465 e. The molecule has 0 aromatic heterocycles. The normalized spacial score (nSPS) is 11.6. The van der Waals surface area contributed by atoms with E-state index < -0.39 is 6.09 Å². The van der Waals surface area contributed by atoms with Gasteiger partial charge in [0.15, 0.2) is 0 Å². The summed E-state index contributed by atoms with van der Waals surface area (Å²) in [6.45, 7) is 9.97.